The minimum atomic E-state index is -0.529. The van der Waals surface area contributed by atoms with E-state index in [-0.39, 0.29) is 18.2 Å². The molecule has 2 aromatic carbocycles. The van der Waals surface area contributed by atoms with Crippen molar-refractivity contribution in [3.05, 3.63) is 69.7 Å². The van der Waals surface area contributed by atoms with Gasteiger partial charge in [-0.25, -0.2) is 0 Å². The van der Waals surface area contributed by atoms with E-state index in [1.165, 1.54) is 0 Å². The van der Waals surface area contributed by atoms with Gasteiger partial charge in [0.25, 0.3) is 0 Å². The van der Waals surface area contributed by atoms with Crippen LogP contribution in [0.3, 0.4) is 0 Å². The van der Waals surface area contributed by atoms with E-state index in [0.29, 0.717) is 13.1 Å². The molecule has 0 saturated heterocycles. The minimum absolute atomic E-state index is 0.0547. The van der Waals surface area contributed by atoms with E-state index in [1.54, 1.807) is 11.8 Å². The summed E-state index contributed by atoms with van der Waals surface area (Å²) in [6, 6.07) is 15.2. The van der Waals surface area contributed by atoms with Crippen molar-refractivity contribution in [1.29, 1.82) is 0 Å². The van der Waals surface area contributed by atoms with Gasteiger partial charge in [-0.1, -0.05) is 64.8 Å². The number of hydrogen-bond acceptors (Lipinski definition) is 2. The number of amides is 2. The van der Waals surface area contributed by atoms with Crippen LogP contribution in [-0.4, -0.2) is 29.3 Å². The van der Waals surface area contributed by atoms with Gasteiger partial charge in [-0.3, -0.25) is 9.59 Å². The molecule has 2 aromatic rings. The van der Waals surface area contributed by atoms with Gasteiger partial charge < -0.3 is 10.2 Å². The van der Waals surface area contributed by atoms with Gasteiger partial charge in [0, 0.05) is 17.6 Å². The summed E-state index contributed by atoms with van der Waals surface area (Å²) in [7, 11) is 0. The van der Waals surface area contributed by atoms with Gasteiger partial charge in [-0.2, -0.15) is 0 Å². The van der Waals surface area contributed by atoms with Gasteiger partial charge in [0.1, 0.15) is 6.04 Å². The summed E-state index contributed by atoms with van der Waals surface area (Å²) >= 11 is 3.43. The Morgan fingerprint density at radius 2 is 1.63 bits per heavy atom. The maximum atomic E-state index is 13.0. The Morgan fingerprint density at radius 3 is 2.22 bits per heavy atom. The second-order valence-corrected chi connectivity index (χ2v) is 7.69. The number of benzene rings is 2. The molecule has 144 valence electrons. The molecular formula is C22H27BrN2O2. The number of carbonyl (C=O) groups is 2. The lowest BCUT2D eigenvalue weighted by atomic mass is 10.1. The highest BCUT2D eigenvalue weighted by molar-refractivity contribution is 9.10. The summed E-state index contributed by atoms with van der Waals surface area (Å²) in [4.78, 5) is 27.2. The summed E-state index contributed by atoms with van der Waals surface area (Å²) in [6.45, 7) is 6.83. The molecule has 0 aliphatic heterocycles. The van der Waals surface area contributed by atoms with Gasteiger partial charge in [0.15, 0.2) is 0 Å². The van der Waals surface area contributed by atoms with Crippen LogP contribution < -0.4 is 5.32 Å². The highest BCUT2D eigenvalue weighted by atomic mass is 79.9. The maximum absolute atomic E-state index is 13.0. The minimum Gasteiger partial charge on any atom is -0.354 e. The summed E-state index contributed by atoms with van der Waals surface area (Å²) in [5.41, 5.74) is 3.10. The summed E-state index contributed by atoms with van der Waals surface area (Å²) in [5, 5.41) is 2.89. The van der Waals surface area contributed by atoms with Crippen LogP contribution in [-0.2, 0) is 22.6 Å². The molecule has 2 rings (SSSR count). The molecule has 1 unspecified atom stereocenters. The first-order chi connectivity index (χ1) is 12.9. The molecule has 1 N–H and O–H groups in total. The first-order valence-electron chi connectivity index (χ1n) is 9.28. The third-order valence-corrected chi connectivity index (χ3v) is 4.99. The molecule has 0 bridgehead atoms. The van der Waals surface area contributed by atoms with Crippen LogP contribution in [0.15, 0.2) is 53.0 Å². The van der Waals surface area contributed by atoms with Crippen LogP contribution >= 0.6 is 15.9 Å². The Bertz CT molecular complexity index is 757. The topological polar surface area (TPSA) is 49.4 Å². The van der Waals surface area contributed by atoms with E-state index in [9.17, 15) is 9.59 Å². The first-order valence-corrected chi connectivity index (χ1v) is 10.1. The normalized spacial score (nSPS) is 11.7. The second kappa shape index (κ2) is 10.3. The van der Waals surface area contributed by atoms with Gasteiger partial charge >= 0.3 is 0 Å². The van der Waals surface area contributed by atoms with Crippen LogP contribution in [0.4, 0.5) is 0 Å². The molecule has 2 amide bonds. The molecule has 0 saturated carbocycles. The molecule has 0 fully saturated rings. The van der Waals surface area contributed by atoms with Crippen LogP contribution in [0.2, 0.25) is 0 Å². The fourth-order valence-corrected chi connectivity index (χ4v) is 3.01. The summed E-state index contributed by atoms with van der Waals surface area (Å²) in [6.07, 6.45) is 1.14. The molecule has 0 radical (unpaired) electrons. The highest BCUT2D eigenvalue weighted by Gasteiger charge is 2.25. The molecule has 4 nitrogen and oxygen atoms in total. The van der Waals surface area contributed by atoms with Crippen molar-refractivity contribution < 1.29 is 9.59 Å². The molecule has 5 heteroatoms. The van der Waals surface area contributed by atoms with E-state index < -0.39 is 6.04 Å². The number of nitrogens with one attached hydrogen (secondary N) is 1. The standard InChI is InChI=1S/C22H27BrN2O2/c1-4-13-24-22(27)17(3)25(15-19-9-11-20(23)12-10-19)21(26)14-18-7-5-16(2)6-8-18/h5-12,17H,4,13-15H2,1-3H3,(H,24,27). The highest BCUT2D eigenvalue weighted by Crippen LogP contribution is 2.16. The summed E-state index contributed by atoms with van der Waals surface area (Å²) < 4.78 is 0.984. The summed E-state index contributed by atoms with van der Waals surface area (Å²) in [5.74, 6) is -0.174. The molecule has 0 spiro atoms. The van der Waals surface area contributed by atoms with Crippen LogP contribution in [0.25, 0.3) is 0 Å². The second-order valence-electron chi connectivity index (χ2n) is 6.78. The van der Waals surface area contributed by atoms with Crippen LogP contribution in [0.5, 0.6) is 0 Å². The molecule has 0 heterocycles. The lowest BCUT2D eigenvalue weighted by Gasteiger charge is -2.29. The fourth-order valence-electron chi connectivity index (χ4n) is 2.75. The average molecular weight is 431 g/mol. The van der Waals surface area contributed by atoms with Crippen molar-refractivity contribution in [2.24, 2.45) is 0 Å². The number of nitrogens with zero attached hydrogens (tertiary/aromatic N) is 1. The third-order valence-electron chi connectivity index (χ3n) is 4.46. The zero-order chi connectivity index (χ0) is 19.8. The van der Waals surface area contributed by atoms with E-state index in [0.717, 1.165) is 27.6 Å². The Morgan fingerprint density at radius 1 is 1.04 bits per heavy atom. The van der Waals surface area contributed by atoms with Crippen molar-refractivity contribution in [2.45, 2.75) is 46.2 Å². The number of halogens is 1. The lowest BCUT2D eigenvalue weighted by molar-refractivity contribution is -0.140. The zero-order valence-electron chi connectivity index (χ0n) is 16.2. The molecular weight excluding hydrogens is 404 g/mol. The zero-order valence-corrected chi connectivity index (χ0v) is 17.8. The Balaban J connectivity index is 2.18. The number of rotatable bonds is 8. The monoisotopic (exact) mass is 430 g/mol. The Kier molecular flexibility index (Phi) is 8.04. The van der Waals surface area contributed by atoms with E-state index in [4.69, 9.17) is 0 Å². The number of aryl methyl sites for hydroxylation is 1. The third kappa shape index (κ3) is 6.51. The predicted octanol–water partition coefficient (Wildman–Crippen LogP) is 4.24. The van der Waals surface area contributed by atoms with Crippen molar-refractivity contribution >= 4 is 27.7 Å². The molecule has 27 heavy (non-hydrogen) atoms. The quantitative estimate of drug-likeness (QED) is 0.680. The van der Waals surface area contributed by atoms with Crippen molar-refractivity contribution in [3.63, 3.8) is 0 Å². The predicted molar refractivity (Wildman–Crippen MR) is 112 cm³/mol. The van der Waals surface area contributed by atoms with Gasteiger partial charge in [0.05, 0.1) is 6.42 Å². The van der Waals surface area contributed by atoms with Gasteiger partial charge in [-0.15, -0.1) is 0 Å². The average Bonchev–Trinajstić information content (AvgIpc) is 2.66. The number of carbonyl (C=O) groups excluding carboxylic acids is 2. The van der Waals surface area contributed by atoms with Crippen molar-refractivity contribution in [3.8, 4) is 0 Å². The van der Waals surface area contributed by atoms with Gasteiger partial charge in [-0.05, 0) is 43.5 Å². The van der Waals surface area contributed by atoms with Crippen molar-refractivity contribution in [1.82, 2.24) is 10.2 Å². The first kappa shape index (κ1) is 21.2. The number of hydrogen-bond donors (Lipinski definition) is 1. The largest absolute Gasteiger partial charge is 0.354 e. The molecule has 0 aliphatic rings. The van der Waals surface area contributed by atoms with Crippen molar-refractivity contribution in [2.75, 3.05) is 6.54 Å². The molecule has 0 aliphatic carbocycles. The van der Waals surface area contributed by atoms with E-state index in [1.807, 2.05) is 62.4 Å². The van der Waals surface area contributed by atoms with E-state index in [2.05, 4.69) is 21.2 Å². The SMILES string of the molecule is CCCNC(=O)C(C)N(Cc1ccc(Br)cc1)C(=O)Cc1ccc(C)cc1. The maximum Gasteiger partial charge on any atom is 0.242 e. The fraction of sp³-hybridized carbons (Fsp3) is 0.364. The van der Waals surface area contributed by atoms with E-state index >= 15 is 0 Å². The lowest BCUT2D eigenvalue weighted by Crippen LogP contribution is -2.48. The van der Waals surface area contributed by atoms with Gasteiger partial charge in [0.2, 0.25) is 11.8 Å². The van der Waals surface area contributed by atoms with Crippen LogP contribution in [0.1, 0.15) is 37.0 Å². The van der Waals surface area contributed by atoms with Crippen LogP contribution in [0, 0.1) is 6.92 Å². The molecule has 0 aromatic heterocycles. The smallest absolute Gasteiger partial charge is 0.242 e. The molecule has 1 atom stereocenters. The Hall–Kier alpha value is -2.14. The Labute approximate surface area is 170 Å².